The first-order chi connectivity index (χ1) is 12.1. The van der Waals surface area contributed by atoms with Crippen LogP contribution < -0.4 is 4.74 Å². The first-order valence-electron chi connectivity index (χ1n) is 8.85. The van der Waals surface area contributed by atoms with Gasteiger partial charge in [0.2, 0.25) is 0 Å². The van der Waals surface area contributed by atoms with Crippen LogP contribution in [-0.4, -0.2) is 58.8 Å². The highest BCUT2D eigenvalue weighted by Crippen LogP contribution is 2.32. The van der Waals surface area contributed by atoms with Crippen LogP contribution in [-0.2, 0) is 9.53 Å². The predicted octanol–water partition coefficient (Wildman–Crippen LogP) is 1.96. The molecular formula is C18H24N2O5. The van der Waals surface area contributed by atoms with E-state index in [9.17, 15) is 9.59 Å². The SMILES string of the molecule is CCOc1cccnc1C(=O)N1CCC([C@@H]2CC[C@H](C(=O)O)O2)CC1. The fourth-order valence-corrected chi connectivity index (χ4v) is 3.64. The number of aromatic nitrogens is 1. The fourth-order valence-electron chi connectivity index (χ4n) is 3.64. The lowest BCUT2D eigenvalue weighted by atomic mass is 9.89. The van der Waals surface area contributed by atoms with Gasteiger partial charge in [0.1, 0.15) is 0 Å². The summed E-state index contributed by atoms with van der Waals surface area (Å²) in [4.78, 5) is 29.7. The van der Waals surface area contributed by atoms with Gasteiger partial charge in [-0.3, -0.25) is 4.79 Å². The largest absolute Gasteiger partial charge is 0.491 e. The van der Waals surface area contributed by atoms with Gasteiger partial charge < -0.3 is 19.5 Å². The highest BCUT2D eigenvalue weighted by Gasteiger charge is 2.37. The molecule has 2 aliphatic heterocycles. The Labute approximate surface area is 146 Å². The number of aliphatic carboxylic acids is 1. The molecule has 0 radical (unpaired) electrons. The highest BCUT2D eigenvalue weighted by atomic mass is 16.5. The quantitative estimate of drug-likeness (QED) is 0.875. The number of carbonyl (C=O) groups excluding carboxylic acids is 1. The van der Waals surface area contributed by atoms with Crippen LogP contribution in [0.3, 0.4) is 0 Å². The van der Waals surface area contributed by atoms with E-state index in [1.165, 1.54) is 0 Å². The number of hydrogen-bond acceptors (Lipinski definition) is 5. The summed E-state index contributed by atoms with van der Waals surface area (Å²) >= 11 is 0. The van der Waals surface area contributed by atoms with Crippen LogP contribution in [0.1, 0.15) is 43.1 Å². The van der Waals surface area contributed by atoms with Crippen LogP contribution in [0.2, 0.25) is 0 Å². The normalized spacial score (nSPS) is 24.3. The molecule has 7 nitrogen and oxygen atoms in total. The molecule has 3 rings (SSSR count). The van der Waals surface area contributed by atoms with Crippen LogP contribution >= 0.6 is 0 Å². The van der Waals surface area contributed by atoms with Gasteiger partial charge in [0, 0.05) is 19.3 Å². The molecule has 2 saturated heterocycles. The number of piperidine rings is 1. The van der Waals surface area contributed by atoms with Crippen molar-refractivity contribution < 1.29 is 24.2 Å². The van der Waals surface area contributed by atoms with E-state index in [1.54, 1.807) is 23.2 Å². The van der Waals surface area contributed by atoms with E-state index in [2.05, 4.69) is 4.98 Å². The average Bonchev–Trinajstić information content (AvgIpc) is 3.12. The average molecular weight is 348 g/mol. The van der Waals surface area contributed by atoms with Gasteiger partial charge in [-0.05, 0) is 50.7 Å². The molecule has 0 saturated carbocycles. The Hall–Kier alpha value is -2.15. The van der Waals surface area contributed by atoms with Crippen molar-refractivity contribution in [3.63, 3.8) is 0 Å². The number of likely N-dealkylation sites (tertiary alicyclic amines) is 1. The Morgan fingerprint density at radius 3 is 2.72 bits per heavy atom. The van der Waals surface area contributed by atoms with Crippen LogP contribution in [0.4, 0.5) is 0 Å². The Balaban J connectivity index is 1.57. The standard InChI is InChI=1S/C18H24N2O5/c1-2-24-14-4-3-9-19-16(14)17(21)20-10-7-12(8-11-20)13-5-6-15(25-13)18(22)23/h3-4,9,12-13,15H,2,5-8,10-11H2,1H3,(H,22,23)/t13-,15+/m0/s1. The van der Waals surface area contributed by atoms with Gasteiger partial charge in [-0.15, -0.1) is 0 Å². The smallest absolute Gasteiger partial charge is 0.332 e. The highest BCUT2D eigenvalue weighted by molar-refractivity contribution is 5.95. The summed E-state index contributed by atoms with van der Waals surface area (Å²) in [6.45, 7) is 3.61. The predicted molar refractivity (Wildman–Crippen MR) is 89.6 cm³/mol. The van der Waals surface area contributed by atoms with Gasteiger partial charge >= 0.3 is 5.97 Å². The molecule has 2 atom stereocenters. The molecule has 7 heteroatoms. The minimum Gasteiger partial charge on any atom is -0.491 e. The number of pyridine rings is 1. The zero-order valence-corrected chi connectivity index (χ0v) is 14.4. The summed E-state index contributed by atoms with van der Waals surface area (Å²) in [6.07, 6.45) is 3.91. The first kappa shape index (κ1) is 17.7. The Morgan fingerprint density at radius 2 is 2.08 bits per heavy atom. The number of carboxylic acid groups (broad SMARTS) is 1. The molecule has 136 valence electrons. The van der Waals surface area contributed by atoms with E-state index >= 15 is 0 Å². The van der Waals surface area contributed by atoms with Crippen molar-refractivity contribution in [2.75, 3.05) is 19.7 Å². The molecule has 0 spiro atoms. The minimum atomic E-state index is -0.881. The van der Waals surface area contributed by atoms with Crippen LogP contribution in [0.25, 0.3) is 0 Å². The van der Waals surface area contributed by atoms with E-state index in [1.807, 2.05) is 6.92 Å². The molecule has 0 aliphatic carbocycles. The maximum Gasteiger partial charge on any atom is 0.332 e. The summed E-state index contributed by atoms with van der Waals surface area (Å²) in [5.41, 5.74) is 0.353. The number of rotatable bonds is 5. The van der Waals surface area contributed by atoms with Crippen molar-refractivity contribution in [3.05, 3.63) is 24.0 Å². The maximum absolute atomic E-state index is 12.7. The zero-order valence-electron chi connectivity index (χ0n) is 14.4. The number of carboxylic acids is 1. The second kappa shape index (κ2) is 7.82. The third-order valence-corrected chi connectivity index (χ3v) is 4.95. The summed E-state index contributed by atoms with van der Waals surface area (Å²) in [6, 6.07) is 3.51. The molecule has 2 fully saturated rings. The lowest BCUT2D eigenvalue weighted by Crippen LogP contribution is -2.41. The first-order valence-corrected chi connectivity index (χ1v) is 8.85. The topological polar surface area (TPSA) is 89.0 Å². The lowest BCUT2D eigenvalue weighted by Gasteiger charge is -2.34. The third kappa shape index (κ3) is 3.92. The van der Waals surface area contributed by atoms with Gasteiger partial charge in [0.05, 0.1) is 12.7 Å². The van der Waals surface area contributed by atoms with Crippen LogP contribution in [0, 0.1) is 5.92 Å². The molecule has 1 N–H and O–H groups in total. The van der Waals surface area contributed by atoms with Crippen LogP contribution in [0.15, 0.2) is 18.3 Å². The van der Waals surface area contributed by atoms with Crippen molar-refractivity contribution in [3.8, 4) is 5.75 Å². The molecule has 1 aromatic heterocycles. The number of ether oxygens (including phenoxy) is 2. The molecule has 0 aromatic carbocycles. The van der Waals surface area contributed by atoms with Gasteiger partial charge in [-0.25, -0.2) is 9.78 Å². The van der Waals surface area contributed by atoms with Crippen LogP contribution in [0.5, 0.6) is 5.75 Å². The van der Waals surface area contributed by atoms with Crippen molar-refractivity contribution in [1.82, 2.24) is 9.88 Å². The number of amides is 1. The lowest BCUT2D eigenvalue weighted by molar-refractivity contribution is -0.150. The van der Waals surface area contributed by atoms with E-state index in [4.69, 9.17) is 14.6 Å². The zero-order chi connectivity index (χ0) is 17.8. The van der Waals surface area contributed by atoms with Gasteiger partial charge in [0.25, 0.3) is 5.91 Å². The minimum absolute atomic E-state index is 0.00723. The van der Waals surface area contributed by atoms with E-state index in [-0.39, 0.29) is 12.0 Å². The molecule has 1 aromatic rings. The molecular weight excluding hydrogens is 324 g/mol. The van der Waals surface area contributed by atoms with E-state index in [0.717, 1.165) is 19.3 Å². The molecule has 0 bridgehead atoms. The number of carbonyl (C=O) groups is 2. The number of hydrogen-bond donors (Lipinski definition) is 1. The Kier molecular flexibility index (Phi) is 5.53. The van der Waals surface area contributed by atoms with Crippen molar-refractivity contribution in [2.45, 2.75) is 44.8 Å². The monoisotopic (exact) mass is 348 g/mol. The fraction of sp³-hybridized carbons (Fsp3) is 0.611. The second-order valence-corrected chi connectivity index (χ2v) is 6.49. The van der Waals surface area contributed by atoms with Crippen molar-refractivity contribution >= 4 is 11.9 Å². The summed E-state index contributed by atoms with van der Waals surface area (Å²) in [5.74, 6) is -0.170. The Morgan fingerprint density at radius 1 is 1.32 bits per heavy atom. The number of nitrogens with zero attached hydrogens (tertiary/aromatic N) is 2. The molecule has 25 heavy (non-hydrogen) atoms. The summed E-state index contributed by atoms with van der Waals surface area (Å²) < 4.78 is 11.2. The third-order valence-electron chi connectivity index (χ3n) is 4.95. The Bertz CT molecular complexity index is 628. The summed E-state index contributed by atoms with van der Waals surface area (Å²) in [5, 5.41) is 9.04. The molecule has 1 amide bonds. The molecule has 2 aliphatic rings. The van der Waals surface area contributed by atoms with Gasteiger partial charge in [-0.1, -0.05) is 0 Å². The summed E-state index contributed by atoms with van der Waals surface area (Å²) in [7, 11) is 0. The van der Waals surface area contributed by atoms with Crippen molar-refractivity contribution in [2.24, 2.45) is 5.92 Å². The van der Waals surface area contributed by atoms with E-state index in [0.29, 0.717) is 43.5 Å². The molecule has 0 unspecified atom stereocenters. The maximum atomic E-state index is 12.7. The second-order valence-electron chi connectivity index (χ2n) is 6.49. The molecule has 3 heterocycles. The van der Waals surface area contributed by atoms with Gasteiger partial charge in [-0.2, -0.15) is 0 Å². The van der Waals surface area contributed by atoms with Crippen molar-refractivity contribution in [1.29, 1.82) is 0 Å². The van der Waals surface area contributed by atoms with Gasteiger partial charge in [0.15, 0.2) is 17.5 Å². The van der Waals surface area contributed by atoms with E-state index < -0.39 is 12.1 Å².